The molecule has 23 heavy (non-hydrogen) atoms. The normalized spacial score (nSPS) is 26.3. The Kier molecular flexibility index (Phi) is 4.65. The molecular formula is C20H29NO2. The van der Waals surface area contributed by atoms with Crippen molar-refractivity contribution in [2.45, 2.75) is 51.9 Å². The molecule has 0 saturated heterocycles. The van der Waals surface area contributed by atoms with Gasteiger partial charge in [-0.25, -0.2) is 0 Å². The van der Waals surface area contributed by atoms with Crippen LogP contribution < -0.4 is 10.1 Å². The molecule has 0 aromatic heterocycles. The summed E-state index contributed by atoms with van der Waals surface area (Å²) >= 11 is 0. The van der Waals surface area contributed by atoms with Crippen LogP contribution in [-0.4, -0.2) is 19.1 Å². The standard InChI is InChI=1S/C20H29NO2/c1-20(2,3)16-6-8-17(9-7-16)23-11-10-21-19(22)18-13-14-4-5-15(18)12-14/h6-9,14-15,18H,4-5,10-13H2,1-3H3,(H,21,22). The van der Waals surface area contributed by atoms with E-state index in [0.717, 1.165) is 18.1 Å². The van der Waals surface area contributed by atoms with Gasteiger partial charge in [0.1, 0.15) is 12.4 Å². The highest BCUT2D eigenvalue weighted by atomic mass is 16.5. The van der Waals surface area contributed by atoms with Crippen molar-refractivity contribution in [3.05, 3.63) is 29.8 Å². The number of hydrogen-bond acceptors (Lipinski definition) is 2. The van der Waals surface area contributed by atoms with Crippen LogP contribution in [0, 0.1) is 17.8 Å². The average molecular weight is 315 g/mol. The highest BCUT2D eigenvalue weighted by Gasteiger charge is 2.42. The highest BCUT2D eigenvalue weighted by Crippen LogP contribution is 2.48. The van der Waals surface area contributed by atoms with E-state index in [9.17, 15) is 4.79 Å². The van der Waals surface area contributed by atoms with E-state index >= 15 is 0 Å². The second-order valence-electron chi connectivity index (χ2n) is 8.20. The maximum atomic E-state index is 12.2. The maximum Gasteiger partial charge on any atom is 0.223 e. The van der Waals surface area contributed by atoms with Gasteiger partial charge in [-0.1, -0.05) is 39.3 Å². The molecule has 2 aliphatic carbocycles. The summed E-state index contributed by atoms with van der Waals surface area (Å²) in [7, 11) is 0. The largest absolute Gasteiger partial charge is 0.492 e. The predicted molar refractivity (Wildman–Crippen MR) is 92.6 cm³/mol. The third-order valence-electron chi connectivity index (χ3n) is 5.47. The molecule has 0 heterocycles. The average Bonchev–Trinajstić information content (AvgIpc) is 3.14. The van der Waals surface area contributed by atoms with Crippen molar-refractivity contribution >= 4 is 5.91 Å². The molecule has 1 aromatic carbocycles. The summed E-state index contributed by atoms with van der Waals surface area (Å²) in [5.74, 6) is 2.83. The van der Waals surface area contributed by atoms with Crippen molar-refractivity contribution in [2.75, 3.05) is 13.2 Å². The smallest absolute Gasteiger partial charge is 0.223 e. The topological polar surface area (TPSA) is 38.3 Å². The molecule has 1 amide bonds. The number of benzene rings is 1. The van der Waals surface area contributed by atoms with Gasteiger partial charge in [-0.05, 0) is 54.2 Å². The lowest BCUT2D eigenvalue weighted by molar-refractivity contribution is -0.126. The minimum Gasteiger partial charge on any atom is -0.492 e. The summed E-state index contributed by atoms with van der Waals surface area (Å²) < 4.78 is 5.73. The Morgan fingerprint density at radius 2 is 1.91 bits per heavy atom. The Labute approximate surface area is 139 Å². The molecule has 0 radical (unpaired) electrons. The molecule has 1 aromatic rings. The Morgan fingerprint density at radius 3 is 2.48 bits per heavy atom. The molecule has 2 aliphatic rings. The minimum absolute atomic E-state index is 0.160. The number of carbonyl (C=O) groups excluding carboxylic acids is 1. The van der Waals surface area contributed by atoms with Crippen molar-refractivity contribution < 1.29 is 9.53 Å². The Morgan fingerprint density at radius 1 is 1.17 bits per heavy atom. The molecule has 3 unspecified atom stereocenters. The zero-order chi connectivity index (χ0) is 16.4. The van der Waals surface area contributed by atoms with Gasteiger partial charge in [0, 0.05) is 5.92 Å². The van der Waals surface area contributed by atoms with E-state index < -0.39 is 0 Å². The first-order valence-corrected chi connectivity index (χ1v) is 8.94. The molecule has 3 rings (SSSR count). The summed E-state index contributed by atoms with van der Waals surface area (Å²) in [4.78, 5) is 12.2. The number of rotatable bonds is 5. The molecule has 3 atom stereocenters. The van der Waals surface area contributed by atoms with Gasteiger partial charge in [0.15, 0.2) is 0 Å². The molecule has 3 heteroatoms. The Hall–Kier alpha value is -1.51. The van der Waals surface area contributed by atoms with Crippen LogP contribution in [0.15, 0.2) is 24.3 Å². The third kappa shape index (κ3) is 3.88. The minimum atomic E-state index is 0.160. The van der Waals surface area contributed by atoms with Gasteiger partial charge in [0.2, 0.25) is 5.91 Å². The van der Waals surface area contributed by atoms with Crippen LogP contribution >= 0.6 is 0 Å². The number of fused-ring (bicyclic) bond motifs is 2. The molecule has 126 valence electrons. The quantitative estimate of drug-likeness (QED) is 0.837. The molecule has 2 bridgehead atoms. The number of amides is 1. The molecular weight excluding hydrogens is 286 g/mol. The fraction of sp³-hybridized carbons (Fsp3) is 0.650. The van der Waals surface area contributed by atoms with Gasteiger partial charge < -0.3 is 10.1 Å². The van der Waals surface area contributed by atoms with Crippen LogP contribution in [0.3, 0.4) is 0 Å². The van der Waals surface area contributed by atoms with Crippen molar-refractivity contribution in [1.29, 1.82) is 0 Å². The van der Waals surface area contributed by atoms with E-state index in [0.29, 0.717) is 19.1 Å². The van der Waals surface area contributed by atoms with Crippen LogP contribution in [-0.2, 0) is 10.2 Å². The van der Waals surface area contributed by atoms with Crippen LogP contribution in [0.1, 0.15) is 52.0 Å². The summed E-state index contributed by atoms with van der Waals surface area (Å²) in [6, 6.07) is 8.25. The van der Waals surface area contributed by atoms with E-state index in [1.165, 1.54) is 24.8 Å². The second-order valence-corrected chi connectivity index (χ2v) is 8.20. The van der Waals surface area contributed by atoms with E-state index in [2.05, 4.69) is 38.2 Å². The van der Waals surface area contributed by atoms with Crippen LogP contribution in [0.25, 0.3) is 0 Å². The molecule has 2 fully saturated rings. The van der Waals surface area contributed by atoms with Crippen LogP contribution in [0.5, 0.6) is 5.75 Å². The summed E-state index contributed by atoms with van der Waals surface area (Å²) in [5, 5.41) is 3.05. The van der Waals surface area contributed by atoms with E-state index in [-0.39, 0.29) is 17.2 Å². The van der Waals surface area contributed by atoms with E-state index in [4.69, 9.17) is 4.74 Å². The van der Waals surface area contributed by atoms with Gasteiger partial charge in [0.25, 0.3) is 0 Å². The fourth-order valence-corrected chi connectivity index (χ4v) is 4.09. The van der Waals surface area contributed by atoms with Crippen molar-refractivity contribution in [3.63, 3.8) is 0 Å². The Bertz CT molecular complexity index is 544. The van der Waals surface area contributed by atoms with Gasteiger partial charge >= 0.3 is 0 Å². The number of carbonyl (C=O) groups is 1. The summed E-state index contributed by atoms with van der Waals surface area (Å²) in [6.07, 6.45) is 4.96. The monoisotopic (exact) mass is 315 g/mol. The number of hydrogen-bond donors (Lipinski definition) is 1. The van der Waals surface area contributed by atoms with Crippen LogP contribution in [0.2, 0.25) is 0 Å². The molecule has 0 spiro atoms. The maximum absolute atomic E-state index is 12.2. The number of nitrogens with one attached hydrogen (secondary N) is 1. The number of ether oxygens (including phenoxy) is 1. The van der Waals surface area contributed by atoms with Crippen LogP contribution in [0.4, 0.5) is 0 Å². The van der Waals surface area contributed by atoms with Gasteiger partial charge in [-0.3, -0.25) is 4.79 Å². The molecule has 2 saturated carbocycles. The lowest BCUT2D eigenvalue weighted by atomic mass is 9.87. The van der Waals surface area contributed by atoms with Gasteiger partial charge in [-0.15, -0.1) is 0 Å². The zero-order valence-electron chi connectivity index (χ0n) is 14.6. The summed E-state index contributed by atoms with van der Waals surface area (Å²) in [5.41, 5.74) is 1.46. The second kappa shape index (κ2) is 6.54. The predicted octanol–water partition coefficient (Wildman–Crippen LogP) is 3.92. The third-order valence-corrected chi connectivity index (χ3v) is 5.47. The van der Waals surface area contributed by atoms with Crippen molar-refractivity contribution in [3.8, 4) is 5.75 Å². The van der Waals surface area contributed by atoms with Crippen molar-refractivity contribution in [2.24, 2.45) is 17.8 Å². The first-order chi connectivity index (χ1) is 10.9. The Balaban J connectivity index is 1.39. The molecule has 1 N–H and O–H groups in total. The summed E-state index contributed by atoms with van der Waals surface area (Å²) in [6.45, 7) is 7.73. The zero-order valence-corrected chi connectivity index (χ0v) is 14.6. The van der Waals surface area contributed by atoms with E-state index in [1.54, 1.807) is 0 Å². The van der Waals surface area contributed by atoms with Crippen molar-refractivity contribution in [1.82, 2.24) is 5.32 Å². The molecule has 3 nitrogen and oxygen atoms in total. The first kappa shape index (κ1) is 16.4. The van der Waals surface area contributed by atoms with Gasteiger partial charge in [0.05, 0.1) is 6.54 Å². The lowest BCUT2D eigenvalue weighted by Crippen LogP contribution is -2.36. The fourth-order valence-electron chi connectivity index (χ4n) is 4.09. The first-order valence-electron chi connectivity index (χ1n) is 8.94. The van der Waals surface area contributed by atoms with E-state index in [1.807, 2.05) is 12.1 Å². The SMILES string of the molecule is CC(C)(C)c1ccc(OCCNC(=O)C2CC3CCC2C3)cc1. The van der Waals surface area contributed by atoms with Gasteiger partial charge in [-0.2, -0.15) is 0 Å². The molecule has 0 aliphatic heterocycles. The lowest BCUT2D eigenvalue weighted by Gasteiger charge is -2.21. The highest BCUT2D eigenvalue weighted by molar-refractivity contribution is 5.79.